The van der Waals surface area contributed by atoms with Gasteiger partial charge in [0.05, 0.1) is 0 Å². The van der Waals surface area contributed by atoms with Crippen molar-refractivity contribution in [3.63, 3.8) is 0 Å². The average Bonchev–Trinajstić information content (AvgIpc) is 1.85. The molecule has 2 N–H and O–H groups in total. The number of amides is 1. The minimum absolute atomic E-state index is 0.295. The van der Waals surface area contributed by atoms with Crippen LogP contribution in [0.15, 0.2) is 0 Å². The normalized spacial score (nSPS) is 13.0. The van der Waals surface area contributed by atoms with Crippen molar-refractivity contribution in [1.82, 2.24) is 0 Å². The summed E-state index contributed by atoms with van der Waals surface area (Å²) in [5.74, 6) is -0.341. The van der Waals surface area contributed by atoms with E-state index >= 15 is 0 Å². The molecule has 4 nitrogen and oxygen atoms in total. The van der Waals surface area contributed by atoms with Crippen molar-refractivity contribution >= 4 is 26.8 Å². The summed E-state index contributed by atoms with van der Waals surface area (Å²) in [6.07, 6.45) is 0. The van der Waals surface area contributed by atoms with Gasteiger partial charge in [-0.1, -0.05) is 11.7 Å². The summed E-state index contributed by atoms with van der Waals surface area (Å²) in [5, 5.41) is 0. The molecule has 0 aliphatic carbocycles. The first-order chi connectivity index (χ1) is 4.48. The molecule has 0 aromatic carbocycles. The quantitative estimate of drug-likeness (QED) is 0.400. The molecule has 0 aliphatic heterocycles. The van der Waals surface area contributed by atoms with Crippen molar-refractivity contribution in [2.45, 2.75) is 6.92 Å². The van der Waals surface area contributed by atoms with Gasteiger partial charge < -0.3 is 5.73 Å². The first-order valence-electron chi connectivity index (χ1n) is 2.72. The zero-order chi connectivity index (χ0) is 8.20. The lowest BCUT2D eigenvalue weighted by Gasteiger charge is -2.19. The fourth-order valence-corrected chi connectivity index (χ4v) is 0.941. The van der Waals surface area contributed by atoms with Crippen molar-refractivity contribution in [3.8, 4) is 0 Å². The van der Waals surface area contributed by atoms with Gasteiger partial charge in [-0.05, 0) is 6.92 Å². The van der Waals surface area contributed by atoms with Gasteiger partial charge in [-0.2, -0.15) is 9.25 Å². The summed E-state index contributed by atoms with van der Waals surface area (Å²) < 4.78 is 15.5. The van der Waals surface area contributed by atoms with Gasteiger partial charge in [0.25, 0.3) is 0 Å². The minimum Gasteiger partial charge on any atom is -0.368 e. The maximum Gasteiger partial charge on any atom is 0.245 e. The van der Waals surface area contributed by atoms with Gasteiger partial charge in [-0.3, -0.25) is 8.98 Å². The Morgan fingerprint density at radius 1 is 1.80 bits per heavy atom. The maximum atomic E-state index is 10.9. The molecule has 0 unspecified atom stereocenters. The molecule has 0 aliphatic rings. The van der Waals surface area contributed by atoms with E-state index in [1.165, 1.54) is 0 Å². The molecule has 10 heavy (non-hydrogen) atoms. The fraction of sp³-hybridized carbons (Fsp3) is 0.750. The predicted octanol–water partition coefficient (Wildman–Crippen LogP) is -0.715. The van der Waals surface area contributed by atoms with Crippen molar-refractivity contribution in [2.75, 3.05) is 12.4 Å². The highest BCUT2D eigenvalue weighted by Crippen LogP contribution is 2.09. The highest BCUT2D eigenvalue weighted by molar-refractivity contribution is 8.67. The van der Waals surface area contributed by atoms with Crippen LogP contribution in [-0.4, -0.2) is 22.5 Å². The highest BCUT2D eigenvalue weighted by atomic mass is 33.1. The number of hydrogen-bond donors (Lipinski definition) is 3. The smallest absolute Gasteiger partial charge is 0.245 e. The van der Waals surface area contributed by atoms with Gasteiger partial charge in [0, 0.05) is 5.75 Å². The van der Waals surface area contributed by atoms with Gasteiger partial charge in [0.15, 0.2) is 0 Å². The Morgan fingerprint density at radius 3 is 2.60 bits per heavy atom. The molecule has 0 spiro atoms. The van der Waals surface area contributed by atoms with Crippen molar-refractivity contribution in [1.29, 1.82) is 0 Å². The Balaban J connectivity index is 3.68. The SMILES string of the molecule is CC[SH](=O)(S)OCC(N)=O. The standard InChI is InChI=1S/C4H11NO3S2/c1-2-10(7,9)8-3-4(5)6/h10H,2-3H2,1H3,(H2,5,6)(H,7,9). The first-order valence-corrected chi connectivity index (χ1v) is 5.69. The molecule has 0 aromatic heterocycles. The van der Waals surface area contributed by atoms with Crippen LogP contribution >= 0.6 is 11.7 Å². The Hall–Kier alpha value is -0.0700. The molecule has 6 heteroatoms. The number of primary amides is 1. The van der Waals surface area contributed by atoms with Crippen LogP contribution in [0, 0.1) is 0 Å². The van der Waals surface area contributed by atoms with Crippen molar-refractivity contribution in [2.24, 2.45) is 5.73 Å². The summed E-state index contributed by atoms with van der Waals surface area (Å²) in [5.41, 5.74) is 4.74. The molecule has 0 radical (unpaired) electrons. The van der Waals surface area contributed by atoms with Gasteiger partial charge in [0.1, 0.15) is 6.61 Å². The van der Waals surface area contributed by atoms with Gasteiger partial charge >= 0.3 is 0 Å². The van der Waals surface area contributed by atoms with E-state index in [1.54, 1.807) is 6.92 Å². The summed E-state index contributed by atoms with van der Waals surface area (Å²) in [6, 6.07) is 0. The highest BCUT2D eigenvalue weighted by Gasteiger charge is 2.02. The predicted molar refractivity (Wildman–Crippen MR) is 44.2 cm³/mol. The third kappa shape index (κ3) is 4.78. The number of rotatable bonds is 4. The number of thiol groups is 2. The first kappa shape index (κ1) is 9.93. The molecular weight excluding hydrogens is 174 g/mol. The fourth-order valence-electron chi connectivity index (χ4n) is 0.256. The van der Waals surface area contributed by atoms with Crippen LogP contribution in [0.5, 0.6) is 0 Å². The number of carbonyl (C=O) groups excluding carboxylic acids is 1. The van der Waals surface area contributed by atoms with E-state index in [-0.39, 0.29) is 6.61 Å². The summed E-state index contributed by atoms with van der Waals surface area (Å²) in [6.45, 7) is 1.34. The lowest BCUT2D eigenvalue weighted by Crippen LogP contribution is -2.22. The van der Waals surface area contributed by atoms with E-state index in [0.29, 0.717) is 5.75 Å². The van der Waals surface area contributed by atoms with E-state index in [2.05, 4.69) is 15.8 Å². The summed E-state index contributed by atoms with van der Waals surface area (Å²) in [7, 11) is -2.83. The van der Waals surface area contributed by atoms with Crippen LogP contribution in [-0.2, 0) is 18.2 Å². The molecule has 0 heterocycles. The Kier molecular flexibility index (Phi) is 3.92. The topological polar surface area (TPSA) is 69.4 Å². The van der Waals surface area contributed by atoms with Crippen LogP contribution in [0.25, 0.3) is 0 Å². The molecule has 0 fully saturated rings. The second-order valence-corrected chi connectivity index (χ2v) is 5.69. The zero-order valence-electron chi connectivity index (χ0n) is 5.61. The molecule has 0 saturated carbocycles. The second-order valence-electron chi connectivity index (χ2n) is 1.69. The molecule has 1 amide bonds. The number of nitrogens with two attached hydrogens (primary N) is 1. The van der Waals surface area contributed by atoms with Gasteiger partial charge in [0.2, 0.25) is 5.91 Å². The summed E-state index contributed by atoms with van der Waals surface area (Å²) >= 11 is 3.69. The third-order valence-electron chi connectivity index (χ3n) is 0.808. The minimum atomic E-state index is -2.83. The van der Waals surface area contributed by atoms with Crippen LogP contribution in [0.4, 0.5) is 0 Å². The second kappa shape index (κ2) is 3.95. The molecule has 62 valence electrons. The Morgan fingerprint density at radius 2 is 2.30 bits per heavy atom. The number of hydrogen-bond acceptors (Lipinski definition) is 3. The molecule has 0 bridgehead atoms. The molecular formula is C4H11NO3S2. The Bertz CT molecular complexity index is 170. The monoisotopic (exact) mass is 185 g/mol. The van der Waals surface area contributed by atoms with E-state index in [9.17, 15) is 9.00 Å². The van der Waals surface area contributed by atoms with E-state index in [0.717, 1.165) is 0 Å². The Labute approximate surface area is 65.6 Å². The lowest BCUT2D eigenvalue weighted by molar-refractivity contribution is -0.119. The van der Waals surface area contributed by atoms with Crippen molar-refractivity contribution in [3.05, 3.63) is 0 Å². The average molecular weight is 185 g/mol. The van der Waals surface area contributed by atoms with Gasteiger partial charge in [-0.15, -0.1) is 0 Å². The number of carbonyl (C=O) groups is 1. The molecule has 0 atom stereocenters. The van der Waals surface area contributed by atoms with Crippen LogP contribution in [0.1, 0.15) is 6.92 Å². The molecule has 0 rings (SSSR count). The molecule has 0 saturated heterocycles. The third-order valence-corrected chi connectivity index (χ3v) is 3.33. The van der Waals surface area contributed by atoms with Crippen LogP contribution in [0.3, 0.4) is 0 Å². The van der Waals surface area contributed by atoms with Crippen LogP contribution in [0.2, 0.25) is 0 Å². The van der Waals surface area contributed by atoms with Crippen LogP contribution < -0.4 is 5.73 Å². The largest absolute Gasteiger partial charge is 0.368 e. The van der Waals surface area contributed by atoms with E-state index in [4.69, 9.17) is 5.73 Å². The zero-order valence-corrected chi connectivity index (χ0v) is 7.40. The van der Waals surface area contributed by atoms with Crippen molar-refractivity contribution < 1.29 is 13.2 Å². The van der Waals surface area contributed by atoms with Gasteiger partial charge in [-0.25, -0.2) is 4.21 Å². The molecule has 0 aromatic rings. The summed E-state index contributed by atoms with van der Waals surface area (Å²) in [4.78, 5) is 10.1. The maximum absolute atomic E-state index is 10.9. The van der Waals surface area contributed by atoms with E-state index < -0.39 is 15.2 Å². The lowest BCUT2D eigenvalue weighted by atomic mass is 10.7. The van der Waals surface area contributed by atoms with E-state index in [1.807, 2.05) is 0 Å².